The highest BCUT2D eigenvalue weighted by molar-refractivity contribution is 7.13. The Bertz CT molecular complexity index is 522. The quantitative estimate of drug-likeness (QED) is 0.769. The molecule has 0 bridgehead atoms. The van der Waals surface area contributed by atoms with Gasteiger partial charge in [0, 0.05) is 11.3 Å². The summed E-state index contributed by atoms with van der Waals surface area (Å²) < 4.78 is 5.07. The number of rotatable bonds is 5. The van der Waals surface area contributed by atoms with E-state index in [0.29, 0.717) is 10.8 Å². The maximum Gasteiger partial charge on any atom is 0.407 e. The number of carbonyl (C=O) groups is 2. The largest absolute Gasteiger partial charge is 0.444 e. The summed E-state index contributed by atoms with van der Waals surface area (Å²) in [7, 11) is 0. The van der Waals surface area contributed by atoms with Crippen molar-refractivity contribution in [3.05, 3.63) is 11.1 Å². The van der Waals surface area contributed by atoms with Gasteiger partial charge >= 0.3 is 6.09 Å². The van der Waals surface area contributed by atoms with Crippen LogP contribution < -0.4 is 10.6 Å². The Balaban J connectivity index is 2.50. The van der Waals surface area contributed by atoms with E-state index in [2.05, 4.69) is 15.6 Å². The highest BCUT2D eigenvalue weighted by Crippen LogP contribution is 2.21. The van der Waals surface area contributed by atoms with E-state index in [1.807, 2.05) is 0 Å². The summed E-state index contributed by atoms with van der Waals surface area (Å²) >= 11 is 1.22. The predicted molar refractivity (Wildman–Crippen MR) is 84.8 cm³/mol. The van der Waals surface area contributed by atoms with Crippen LogP contribution in [0.15, 0.2) is 5.38 Å². The number of nitrogens with one attached hydrogen (secondary N) is 2. The normalized spacial score (nSPS) is 12.9. The Kier molecular flexibility index (Phi) is 6.31. The van der Waals surface area contributed by atoms with Crippen molar-refractivity contribution in [1.29, 1.82) is 0 Å². The monoisotopic (exact) mass is 329 g/mol. The number of nitrogens with zero attached hydrogens (tertiary/aromatic N) is 1. The molecule has 0 aromatic carbocycles. The van der Waals surface area contributed by atoms with Crippen molar-refractivity contribution in [2.24, 2.45) is 5.92 Å². The van der Waals surface area contributed by atoms with Crippen LogP contribution in [0.25, 0.3) is 0 Å². The molecule has 1 unspecified atom stereocenters. The van der Waals surface area contributed by atoms with Gasteiger partial charge in [0.15, 0.2) is 5.13 Å². The van der Waals surface area contributed by atoms with Crippen LogP contribution >= 0.6 is 11.3 Å². The van der Waals surface area contributed by atoms with Gasteiger partial charge in [-0.05, 0) is 20.8 Å². The fraction of sp³-hybridized carbons (Fsp3) is 0.643. The van der Waals surface area contributed by atoms with Gasteiger partial charge < -0.3 is 20.5 Å². The van der Waals surface area contributed by atoms with Crippen LogP contribution in [0, 0.1) is 5.92 Å². The Hall–Kier alpha value is -1.67. The summed E-state index contributed by atoms with van der Waals surface area (Å²) in [5.41, 5.74) is -0.204. The SMILES string of the molecule is CC(C)C(=O)Nc1nc(C(O)CNC(=O)OC(C)(C)C)cs1. The molecule has 0 saturated carbocycles. The number of aromatic nitrogens is 1. The lowest BCUT2D eigenvalue weighted by atomic mass is 10.2. The maximum atomic E-state index is 11.6. The number of ether oxygens (including phenoxy) is 1. The number of thiazole rings is 1. The molecular weight excluding hydrogens is 306 g/mol. The first-order valence-electron chi connectivity index (χ1n) is 6.99. The smallest absolute Gasteiger partial charge is 0.407 e. The van der Waals surface area contributed by atoms with Gasteiger partial charge in [-0.3, -0.25) is 4.79 Å². The number of hydrogen-bond acceptors (Lipinski definition) is 6. The van der Waals surface area contributed by atoms with Crippen LogP contribution in [-0.2, 0) is 9.53 Å². The van der Waals surface area contributed by atoms with Crippen LogP contribution in [0.2, 0.25) is 0 Å². The molecule has 1 aromatic rings. The standard InChI is InChI=1S/C14H23N3O4S/c1-8(2)11(19)17-12-16-9(7-22-12)10(18)6-15-13(20)21-14(3,4)5/h7-8,10,18H,6H2,1-5H3,(H,15,20)(H,16,17,19). The van der Waals surface area contributed by atoms with Crippen molar-refractivity contribution in [3.63, 3.8) is 0 Å². The fourth-order valence-corrected chi connectivity index (χ4v) is 2.10. The molecule has 22 heavy (non-hydrogen) atoms. The second-order valence-electron chi connectivity index (χ2n) is 6.12. The lowest BCUT2D eigenvalue weighted by Crippen LogP contribution is -2.34. The third kappa shape index (κ3) is 6.40. The van der Waals surface area contributed by atoms with Gasteiger partial charge in [0.25, 0.3) is 0 Å². The first-order chi connectivity index (χ1) is 10.1. The van der Waals surface area contributed by atoms with Crippen LogP contribution in [0.5, 0.6) is 0 Å². The minimum Gasteiger partial charge on any atom is -0.444 e. The van der Waals surface area contributed by atoms with E-state index in [1.165, 1.54) is 11.3 Å². The first kappa shape index (κ1) is 18.4. The second kappa shape index (κ2) is 7.55. The molecule has 7 nitrogen and oxygen atoms in total. The Labute approximate surface area is 134 Å². The van der Waals surface area contributed by atoms with Crippen LogP contribution in [0.4, 0.5) is 9.93 Å². The molecule has 3 N–H and O–H groups in total. The minimum atomic E-state index is -0.964. The fourth-order valence-electron chi connectivity index (χ4n) is 1.35. The second-order valence-corrected chi connectivity index (χ2v) is 6.98. The average molecular weight is 329 g/mol. The van der Waals surface area contributed by atoms with Crippen LogP contribution in [0.1, 0.15) is 46.4 Å². The molecule has 0 radical (unpaired) electrons. The van der Waals surface area contributed by atoms with Crippen molar-refractivity contribution in [2.45, 2.75) is 46.3 Å². The van der Waals surface area contributed by atoms with Gasteiger partial charge in [-0.1, -0.05) is 13.8 Å². The Morgan fingerprint density at radius 3 is 2.59 bits per heavy atom. The number of aliphatic hydroxyl groups excluding tert-OH is 1. The van der Waals surface area contributed by atoms with Gasteiger partial charge in [-0.15, -0.1) is 11.3 Å². The molecule has 1 atom stereocenters. The summed E-state index contributed by atoms with van der Waals surface area (Å²) in [6, 6.07) is 0. The molecule has 1 heterocycles. The van der Waals surface area contributed by atoms with E-state index >= 15 is 0 Å². The van der Waals surface area contributed by atoms with E-state index in [-0.39, 0.29) is 18.4 Å². The molecule has 1 rings (SSSR count). The topological polar surface area (TPSA) is 101 Å². The molecule has 0 aliphatic rings. The zero-order valence-corrected chi connectivity index (χ0v) is 14.3. The van der Waals surface area contributed by atoms with Gasteiger partial charge in [0.2, 0.25) is 5.91 Å². The van der Waals surface area contributed by atoms with Gasteiger partial charge in [-0.25, -0.2) is 9.78 Å². The lowest BCUT2D eigenvalue weighted by molar-refractivity contribution is -0.118. The molecule has 0 aliphatic heterocycles. The van der Waals surface area contributed by atoms with Gasteiger partial charge in [0.05, 0.1) is 12.2 Å². The third-order valence-corrected chi connectivity index (χ3v) is 3.23. The van der Waals surface area contributed by atoms with Crippen molar-refractivity contribution >= 4 is 28.5 Å². The highest BCUT2D eigenvalue weighted by atomic mass is 32.1. The maximum absolute atomic E-state index is 11.6. The van der Waals surface area contributed by atoms with Crippen molar-refractivity contribution in [1.82, 2.24) is 10.3 Å². The molecule has 0 fully saturated rings. The molecule has 2 amide bonds. The van der Waals surface area contributed by atoms with E-state index < -0.39 is 17.8 Å². The predicted octanol–water partition coefficient (Wildman–Crippen LogP) is 2.30. The first-order valence-corrected chi connectivity index (χ1v) is 7.87. The zero-order valence-electron chi connectivity index (χ0n) is 13.5. The molecular formula is C14H23N3O4S. The molecule has 124 valence electrons. The third-order valence-electron chi connectivity index (χ3n) is 2.46. The molecule has 0 spiro atoms. The molecule has 8 heteroatoms. The summed E-state index contributed by atoms with van der Waals surface area (Å²) in [6.45, 7) is 8.82. The summed E-state index contributed by atoms with van der Waals surface area (Å²) in [4.78, 5) is 27.2. The minimum absolute atomic E-state index is 0.0176. The van der Waals surface area contributed by atoms with Gasteiger partial charge in [-0.2, -0.15) is 0 Å². The van der Waals surface area contributed by atoms with E-state index in [9.17, 15) is 14.7 Å². The van der Waals surface area contributed by atoms with E-state index in [1.54, 1.807) is 40.0 Å². The summed E-state index contributed by atoms with van der Waals surface area (Å²) in [5.74, 6) is -0.284. The number of alkyl carbamates (subject to hydrolysis) is 1. The van der Waals surface area contributed by atoms with Crippen molar-refractivity contribution in [2.75, 3.05) is 11.9 Å². The number of hydrogen-bond donors (Lipinski definition) is 3. The Morgan fingerprint density at radius 1 is 1.41 bits per heavy atom. The molecule has 1 aromatic heterocycles. The zero-order chi connectivity index (χ0) is 16.9. The number of carbonyl (C=O) groups excluding carboxylic acids is 2. The lowest BCUT2D eigenvalue weighted by Gasteiger charge is -2.20. The van der Waals surface area contributed by atoms with E-state index in [0.717, 1.165) is 0 Å². The van der Waals surface area contributed by atoms with Crippen LogP contribution in [-0.4, -0.2) is 34.2 Å². The van der Waals surface area contributed by atoms with Crippen molar-refractivity contribution in [3.8, 4) is 0 Å². The molecule has 0 aliphatic carbocycles. The summed E-state index contributed by atoms with van der Waals surface area (Å²) in [5, 5.41) is 17.2. The number of anilines is 1. The number of aliphatic hydroxyl groups is 1. The van der Waals surface area contributed by atoms with E-state index in [4.69, 9.17) is 4.74 Å². The Morgan fingerprint density at radius 2 is 2.05 bits per heavy atom. The van der Waals surface area contributed by atoms with Gasteiger partial charge in [0.1, 0.15) is 11.7 Å². The highest BCUT2D eigenvalue weighted by Gasteiger charge is 2.19. The number of amides is 2. The average Bonchev–Trinajstić information content (AvgIpc) is 2.82. The van der Waals surface area contributed by atoms with Crippen LogP contribution in [0.3, 0.4) is 0 Å². The molecule has 0 saturated heterocycles. The van der Waals surface area contributed by atoms with Crippen molar-refractivity contribution < 1.29 is 19.4 Å². The summed E-state index contributed by atoms with van der Waals surface area (Å²) in [6.07, 6.45) is -1.57.